The molecule has 0 aliphatic rings. The SMILES string of the molecule is c1ccc(-c2ccc(-c3cc(-c4ccc5c(c4)c4ccccc4c4ccc6c7ccccc7sc6c45)nc(-c4ccccc4)n3)cc2)cc1. The minimum absolute atomic E-state index is 0.718. The molecule has 0 bridgehead atoms. The first kappa shape index (κ1) is 27.9. The summed E-state index contributed by atoms with van der Waals surface area (Å²) in [6.07, 6.45) is 0. The lowest BCUT2D eigenvalue weighted by atomic mass is 9.91. The van der Waals surface area contributed by atoms with Crippen LogP contribution in [0.25, 0.3) is 97.5 Å². The zero-order valence-electron chi connectivity index (χ0n) is 26.5. The van der Waals surface area contributed by atoms with Crippen molar-refractivity contribution >= 4 is 63.8 Å². The number of rotatable bonds is 4. The zero-order valence-corrected chi connectivity index (χ0v) is 27.3. The van der Waals surface area contributed by atoms with Crippen molar-refractivity contribution in [3.8, 4) is 45.0 Å². The number of fused-ring (bicyclic) bond motifs is 10. The Kier molecular flexibility index (Phi) is 6.39. The molecule has 10 rings (SSSR count). The number of hydrogen-bond donors (Lipinski definition) is 0. The maximum atomic E-state index is 5.18. The van der Waals surface area contributed by atoms with Gasteiger partial charge in [0.25, 0.3) is 0 Å². The third-order valence-corrected chi connectivity index (χ3v) is 10.9. The predicted octanol–water partition coefficient (Wildman–Crippen LogP) is 13.0. The van der Waals surface area contributed by atoms with Crippen LogP contribution >= 0.6 is 11.3 Å². The van der Waals surface area contributed by atoms with E-state index in [0.717, 1.165) is 33.9 Å². The van der Waals surface area contributed by atoms with Crippen molar-refractivity contribution in [1.29, 1.82) is 0 Å². The van der Waals surface area contributed by atoms with Gasteiger partial charge in [-0.3, -0.25) is 0 Å². The molecule has 0 radical (unpaired) electrons. The molecule has 228 valence electrons. The second-order valence-corrected chi connectivity index (χ2v) is 13.6. The maximum absolute atomic E-state index is 5.18. The second kappa shape index (κ2) is 11.2. The topological polar surface area (TPSA) is 25.8 Å². The van der Waals surface area contributed by atoms with Crippen LogP contribution in [0.4, 0.5) is 0 Å². The Bertz CT molecular complexity index is 2850. The average Bonchev–Trinajstić information content (AvgIpc) is 3.57. The zero-order chi connectivity index (χ0) is 32.3. The van der Waals surface area contributed by atoms with E-state index in [0.29, 0.717) is 0 Å². The Morgan fingerprint density at radius 1 is 0.327 bits per heavy atom. The normalized spacial score (nSPS) is 11.7. The van der Waals surface area contributed by atoms with E-state index in [1.165, 1.54) is 63.6 Å². The van der Waals surface area contributed by atoms with Crippen molar-refractivity contribution in [3.05, 3.63) is 170 Å². The lowest BCUT2D eigenvalue weighted by Crippen LogP contribution is -1.96. The minimum atomic E-state index is 0.718. The Morgan fingerprint density at radius 3 is 1.59 bits per heavy atom. The first-order chi connectivity index (χ1) is 24.3. The molecular formula is C46H28N2S. The minimum Gasteiger partial charge on any atom is -0.228 e. The van der Waals surface area contributed by atoms with Gasteiger partial charge in [-0.2, -0.15) is 0 Å². The second-order valence-electron chi connectivity index (χ2n) is 12.5. The Morgan fingerprint density at radius 2 is 0.837 bits per heavy atom. The smallest absolute Gasteiger partial charge is 0.160 e. The third kappa shape index (κ3) is 4.62. The summed E-state index contributed by atoms with van der Waals surface area (Å²) in [6.45, 7) is 0. The summed E-state index contributed by atoms with van der Waals surface area (Å²) >= 11 is 1.89. The van der Waals surface area contributed by atoms with E-state index >= 15 is 0 Å². The summed E-state index contributed by atoms with van der Waals surface area (Å²) < 4.78 is 2.67. The highest BCUT2D eigenvalue weighted by molar-refractivity contribution is 7.26. The van der Waals surface area contributed by atoms with E-state index in [4.69, 9.17) is 9.97 Å². The molecule has 0 spiro atoms. The fourth-order valence-corrected chi connectivity index (χ4v) is 8.57. The van der Waals surface area contributed by atoms with Crippen molar-refractivity contribution in [2.45, 2.75) is 0 Å². The summed E-state index contributed by atoms with van der Waals surface area (Å²) in [4.78, 5) is 10.3. The lowest BCUT2D eigenvalue weighted by molar-refractivity contribution is 1.18. The number of nitrogens with zero attached hydrogens (tertiary/aromatic N) is 2. The van der Waals surface area contributed by atoms with Crippen molar-refractivity contribution in [3.63, 3.8) is 0 Å². The predicted molar refractivity (Wildman–Crippen MR) is 209 cm³/mol. The van der Waals surface area contributed by atoms with Crippen LogP contribution < -0.4 is 0 Å². The number of thiophene rings is 1. The van der Waals surface area contributed by atoms with Gasteiger partial charge in [-0.1, -0.05) is 152 Å². The highest BCUT2D eigenvalue weighted by Gasteiger charge is 2.17. The monoisotopic (exact) mass is 640 g/mol. The molecule has 0 saturated carbocycles. The van der Waals surface area contributed by atoms with Gasteiger partial charge in [0.15, 0.2) is 5.82 Å². The Balaban J connectivity index is 1.20. The summed E-state index contributed by atoms with van der Waals surface area (Å²) in [5, 5.41) is 10.3. The van der Waals surface area contributed by atoms with Gasteiger partial charge >= 0.3 is 0 Å². The summed E-state index contributed by atoms with van der Waals surface area (Å²) in [7, 11) is 0. The third-order valence-electron chi connectivity index (χ3n) is 9.68. The van der Waals surface area contributed by atoms with Crippen LogP contribution in [-0.2, 0) is 0 Å². The molecule has 2 nitrogen and oxygen atoms in total. The maximum Gasteiger partial charge on any atom is 0.160 e. The van der Waals surface area contributed by atoms with Crippen LogP contribution in [0, 0.1) is 0 Å². The van der Waals surface area contributed by atoms with Crippen molar-refractivity contribution in [2.75, 3.05) is 0 Å². The molecule has 0 saturated heterocycles. The van der Waals surface area contributed by atoms with Gasteiger partial charge in [-0.05, 0) is 56.3 Å². The molecular weight excluding hydrogens is 613 g/mol. The summed E-state index contributed by atoms with van der Waals surface area (Å²) in [6, 6.07) is 60.7. The largest absolute Gasteiger partial charge is 0.228 e. The average molecular weight is 641 g/mol. The molecule has 10 aromatic rings. The molecule has 0 atom stereocenters. The molecule has 0 aliphatic carbocycles. The van der Waals surface area contributed by atoms with Gasteiger partial charge in [0, 0.05) is 42.2 Å². The van der Waals surface area contributed by atoms with Crippen molar-refractivity contribution in [1.82, 2.24) is 9.97 Å². The van der Waals surface area contributed by atoms with E-state index in [-0.39, 0.29) is 0 Å². The fourth-order valence-electron chi connectivity index (χ4n) is 7.30. The first-order valence-corrected chi connectivity index (χ1v) is 17.4. The lowest BCUT2D eigenvalue weighted by Gasteiger charge is -2.14. The molecule has 2 heterocycles. The quantitative estimate of drug-likeness (QED) is 0.179. The van der Waals surface area contributed by atoms with E-state index in [1.54, 1.807) is 0 Å². The molecule has 49 heavy (non-hydrogen) atoms. The van der Waals surface area contributed by atoms with Gasteiger partial charge in [0.1, 0.15) is 0 Å². The molecule has 0 fully saturated rings. The van der Waals surface area contributed by atoms with Crippen LogP contribution in [0.2, 0.25) is 0 Å². The molecule has 0 amide bonds. The number of aromatic nitrogens is 2. The highest BCUT2D eigenvalue weighted by atomic mass is 32.1. The molecule has 2 aromatic heterocycles. The summed E-state index contributed by atoms with van der Waals surface area (Å²) in [5.41, 5.74) is 7.32. The van der Waals surface area contributed by atoms with Gasteiger partial charge < -0.3 is 0 Å². The van der Waals surface area contributed by atoms with Crippen LogP contribution in [-0.4, -0.2) is 9.97 Å². The van der Waals surface area contributed by atoms with E-state index < -0.39 is 0 Å². The van der Waals surface area contributed by atoms with Crippen LogP contribution in [0.15, 0.2) is 170 Å². The number of hydrogen-bond acceptors (Lipinski definition) is 3. The van der Waals surface area contributed by atoms with Gasteiger partial charge in [0.2, 0.25) is 0 Å². The van der Waals surface area contributed by atoms with E-state index in [2.05, 4.69) is 146 Å². The molecule has 3 heteroatoms. The highest BCUT2D eigenvalue weighted by Crippen LogP contribution is 2.45. The van der Waals surface area contributed by atoms with E-state index in [9.17, 15) is 0 Å². The molecule has 8 aromatic carbocycles. The van der Waals surface area contributed by atoms with Gasteiger partial charge in [-0.25, -0.2) is 9.97 Å². The van der Waals surface area contributed by atoms with Gasteiger partial charge in [0.05, 0.1) is 11.4 Å². The standard InChI is InChI=1S/C46H28N2S/c1-3-11-29(12-4-1)30-19-21-31(22-20-30)41-28-42(48-46(47-41)32-13-5-2-6-14-32)33-23-24-38-40(27-33)35-16-8-7-15-34(35)37-25-26-39-36-17-9-10-18-43(36)49-45(39)44(37)38/h1-28H. The van der Waals surface area contributed by atoms with Crippen molar-refractivity contribution in [2.24, 2.45) is 0 Å². The van der Waals surface area contributed by atoms with Crippen LogP contribution in [0.1, 0.15) is 0 Å². The van der Waals surface area contributed by atoms with E-state index in [1.807, 2.05) is 35.6 Å². The molecule has 0 N–H and O–H groups in total. The fraction of sp³-hybridized carbons (Fsp3) is 0. The molecule has 0 aliphatic heterocycles. The van der Waals surface area contributed by atoms with Gasteiger partial charge in [-0.15, -0.1) is 11.3 Å². The summed E-state index contributed by atoms with van der Waals surface area (Å²) in [5.74, 6) is 0.718. The molecule has 0 unspecified atom stereocenters. The number of benzene rings is 8. The van der Waals surface area contributed by atoms with Crippen LogP contribution in [0.5, 0.6) is 0 Å². The van der Waals surface area contributed by atoms with Crippen LogP contribution in [0.3, 0.4) is 0 Å². The Hall–Kier alpha value is -6.16. The van der Waals surface area contributed by atoms with Crippen molar-refractivity contribution < 1.29 is 0 Å². The first-order valence-electron chi connectivity index (χ1n) is 16.6. The Labute approximate surface area is 287 Å².